The molecule has 7 rings (SSSR count). The van der Waals surface area contributed by atoms with Crippen LogP contribution in [0.3, 0.4) is 0 Å². The van der Waals surface area contributed by atoms with E-state index in [9.17, 15) is 9.90 Å². The van der Waals surface area contributed by atoms with Gasteiger partial charge in [-0.15, -0.1) is 0 Å². The number of aromatic hydroxyl groups is 1. The van der Waals surface area contributed by atoms with E-state index < -0.39 is 0 Å². The third-order valence-corrected chi connectivity index (χ3v) is 7.83. The zero-order valence-electron chi connectivity index (χ0n) is 17.9. The minimum Gasteiger partial charge on any atom is -0.508 e. The van der Waals surface area contributed by atoms with Gasteiger partial charge in [0.15, 0.2) is 0 Å². The molecule has 2 aromatic carbocycles. The smallest absolute Gasteiger partial charge is 0.221 e. The van der Waals surface area contributed by atoms with Crippen LogP contribution >= 0.6 is 0 Å². The summed E-state index contributed by atoms with van der Waals surface area (Å²) in [5.74, 6) is 4.63. The number of amides is 1. The van der Waals surface area contributed by atoms with Crippen LogP contribution in [0, 0.1) is 23.7 Å². The molecule has 4 aliphatic rings. The number of benzene rings is 2. The molecule has 0 radical (unpaired) electrons. The van der Waals surface area contributed by atoms with Crippen LogP contribution in [0.1, 0.15) is 56.5 Å². The van der Waals surface area contributed by atoms with E-state index in [1.807, 2.05) is 24.3 Å². The molecule has 1 heterocycles. The van der Waals surface area contributed by atoms with E-state index in [2.05, 4.69) is 22.0 Å². The Morgan fingerprint density at radius 1 is 1.06 bits per heavy atom. The lowest BCUT2D eigenvalue weighted by atomic mass is 9.54. The van der Waals surface area contributed by atoms with Crippen molar-refractivity contribution < 1.29 is 9.90 Å². The summed E-state index contributed by atoms with van der Waals surface area (Å²) in [4.78, 5) is 16.6. The summed E-state index contributed by atoms with van der Waals surface area (Å²) in [6, 6.07) is 14.1. The first kappa shape index (κ1) is 18.9. The van der Waals surface area contributed by atoms with Crippen LogP contribution in [0.15, 0.2) is 42.5 Å². The fourth-order valence-electron chi connectivity index (χ4n) is 7.05. The van der Waals surface area contributed by atoms with E-state index in [1.165, 1.54) is 44.5 Å². The molecule has 5 heteroatoms. The Labute approximate surface area is 182 Å². The summed E-state index contributed by atoms with van der Waals surface area (Å²) in [5, 5.41) is 12.9. The molecule has 3 aromatic rings. The van der Waals surface area contributed by atoms with Crippen LogP contribution in [0.2, 0.25) is 0 Å². The molecular formula is C26H29N3O2. The number of hydrogen-bond acceptors (Lipinski definition) is 3. The molecule has 0 unspecified atom stereocenters. The van der Waals surface area contributed by atoms with E-state index in [0.29, 0.717) is 18.2 Å². The van der Waals surface area contributed by atoms with Gasteiger partial charge in [0.25, 0.3) is 0 Å². The Morgan fingerprint density at radius 3 is 2.48 bits per heavy atom. The number of carbonyl (C=O) groups excluding carboxylic acids is 1. The Balaban J connectivity index is 1.46. The van der Waals surface area contributed by atoms with Crippen molar-refractivity contribution in [3.8, 4) is 5.75 Å². The average Bonchev–Trinajstić information content (AvgIpc) is 3.04. The summed E-state index contributed by atoms with van der Waals surface area (Å²) in [6.07, 6.45) is 7.56. The Hall–Kier alpha value is -2.82. The zero-order valence-corrected chi connectivity index (χ0v) is 17.9. The minimum absolute atomic E-state index is 0.0696. The van der Waals surface area contributed by atoms with Gasteiger partial charge in [-0.1, -0.05) is 12.1 Å². The number of rotatable bonds is 4. The lowest BCUT2D eigenvalue weighted by Gasteiger charge is -2.55. The van der Waals surface area contributed by atoms with Gasteiger partial charge in [0.1, 0.15) is 11.6 Å². The van der Waals surface area contributed by atoms with Crippen molar-refractivity contribution in [3.63, 3.8) is 0 Å². The van der Waals surface area contributed by atoms with Gasteiger partial charge in [-0.2, -0.15) is 0 Å². The van der Waals surface area contributed by atoms with Gasteiger partial charge in [-0.05, 0) is 91.7 Å². The number of carbonyl (C=O) groups is 1. The molecule has 5 nitrogen and oxygen atoms in total. The van der Waals surface area contributed by atoms with Gasteiger partial charge in [-0.3, -0.25) is 4.79 Å². The Bertz CT molecular complexity index is 1140. The standard InChI is InChI=1S/C26H29N3O2/c1-15(30)27-21-5-6-24-23(14-21)28-25(13-16-3-2-4-22(31)12-16)29(24)26-19-8-17-7-18(10-19)11-20(26)9-17/h2-6,12,14,17-20,26,31H,7-11,13H2,1H3,(H,27,30). The SMILES string of the molecule is CC(=O)Nc1ccc2c(c1)nc(Cc1cccc(O)c1)n2C1C2CC3CC(C2)CC1C3. The van der Waals surface area contributed by atoms with Crippen molar-refractivity contribution in [2.24, 2.45) is 23.7 Å². The quantitative estimate of drug-likeness (QED) is 0.608. The first-order valence-corrected chi connectivity index (χ1v) is 11.6. The molecule has 160 valence electrons. The zero-order chi connectivity index (χ0) is 21.1. The summed E-state index contributed by atoms with van der Waals surface area (Å²) < 4.78 is 2.53. The van der Waals surface area contributed by atoms with Crippen molar-refractivity contribution in [2.75, 3.05) is 5.32 Å². The molecule has 4 saturated carbocycles. The van der Waals surface area contributed by atoms with Crippen LogP contribution in [0.25, 0.3) is 11.0 Å². The van der Waals surface area contributed by atoms with E-state index in [-0.39, 0.29) is 5.91 Å². The number of imidazole rings is 1. The number of nitrogens with one attached hydrogen (secondary N) is 1. The van der Waals surface area contributed by atoms with Crippen LogP contribution in [0.4, 0.5) is 5.69 Å². The number of nitrogens with zero attached hydrogens (tertiary/aromatic N) is 2. The summed E-state index contributed by atoms with van der Waals surface area (Å²) in [7, 11) is 0. The molecule has 4 fully saturated rings. The van der Waals surface area contributed by atoms with Gasteiger partial charge >= 0.3 is 0 Å². The highest BCUT2D eigenvalue weighted by atomic mass is 16.3. The van der Waals surface area contributed by atoms with Crippen molar-refractivity contribution in [2.45, 2.75) is 51.5 Å². The Kier molecular flexibility index (Phi) is 4.34. The molecule has 0 atom stereocenters. The molecule has 0 spiro atoms. The lowest BCUT2D eigenvalue weighted by molar-refractivity contribution is -0.114. The number of hydrogen-bond donors (Lipinski definition) is 2. The molecule has 1 amide bonds. The molecule has 4 aliphatic carbocycles. The second-order valence-corrected chi connectivity index (χ2v) is 10.1. The maximum Gasteiger partial charge on any atom is 0.221 e. The molecule has 2 N–H and O–H groups in total. The van der Waals surface area contributed by atoms with Gasteiger partial charge in [0.2, 0.25) is 5.91 Å². The van der Waals surface area contributed by atoms with E-state index >= 15 is 0 Å². The molecule has 31 heavy (non-hydrogen) atoms. The molecule has 4 bridgehead atoms. The van der Waals surface area contributed by atoms with Gasteiger partial charge in [0, 0.05) is 25.1 Å². The third-order valence-electron chi connectivity index (χ3n) is 7.83. The van der Waals surface area contributed by atoms with Crippen LogP contribution < -0.4 is 5.32 Å². The molecule has 1 aromatic heterocycles. The maximum atomic E-state index is 11.5. The van der Waals surface area contributed by atoms with E-state index in [4.69, 9.17) is 4.98 Å². The first-order chi connectivity index (χ1) is 15.0. The summed E-state index contributed by atoms with van der Waals surface area (Å²) >= 11 is 0. The topological polar surface area (TPSA) is 67.2 Å². The fourth-order valence-corrected chi connectivity index (χ4v) is 7.05. The summed E-state index contributed by atoms with van der Waals surface area (Å²) in [6.45, 7) is 1.53. The fraction of sp³-hybridized carbons (Fsp3) is 0.462. The van der Waals surface area contributed by atoms with Gasteiger partial charge in [-0.25, -0.2) is 4.98 Å². The van der Waals surface area contributed by atoms with E-state index in [1.54, 1.807) is 6.07 Å². The number of phenols is 1. The highest BCUT2D eigenvalue weighted by Gasteiger charge is 2.49. The highest BCUT2D eigenvalue weighted by Crippen LogP contribution is 2.59. The van der Waals surface area contributed by atoms with Crippen molar-refractivity contribution in [1.82, 2.24) is 9.55 Å². The van der Waals surface area contributed by atoms with Crippen LogP contribution in [-0.4, -0.2) is 20.6 Å². The predicted octanol–water partition coefficient (Wildman–Crippen LogP) is 5.29. The van der Waals surface area contributed by atoms with Crippen molar-refractivity contribution in [1.29, 1.82) is 0 Å². The largest absolute Gasteiger partial charge is 0.508 e. The molecule has 0 aliphatic heterocycles. The number of phenolic OH excluding ortho intramolecular Hbond substituents is 1. The molecule has 0 saturated heterocycles. The Morgan fingerprint density at radius 2 is 1.81 bits per heavy atom. The second kappa shape index (κ2) is 7.11. The van der Waals surface area contributed by atoms with Gasteiger partial charge in [0.05, 0.1) is 11.0 Å². The van der Waals surface area contributed by atoms with E-state index in [0.717, 1.165) is 46.3 Å². The van der Waals surface area contributed by atoms with Gasteiger partial charge < -0.3 is 15.0 Å². The molecular weight excluding hydrogens is 386 g/mol. The average molecular weight is 416 g/mol. The normalized spacial score (nSPS) is 28.9. The minimum atomic E-state index is -0.0696. The van der Waals surface area contributed by atoms with Crippen LogP contribution in [-0.2, 0) is 11.2 Å². The lowest BCUT2D eigenvalue weighted by Crippen LogP contribution is -2.46. The number of aromatic nitrogens is 2. The summed E-state index contributed by atoms with van der Waals surface area (Å²) in [5.41, 5.74) is 3.97. The maximum absolute atomic E-state index is 11.5. The third kappa shape index (κ3) is 3.31. The number of fused-ring (bicyclic) bond motifs is 1. The van der Waals surface area contributed by atoms with Crippen molar-refractivity contribution in [3.05, 3.63) is 53.9 Å². The second-order valence-electron chi connectivity index (χ2n) is 10.1. The monoisotopic (exact) mass is 415 g/mol. The predicted molar refractivity (Wildman–Crippen MR) is 121 cm³/mol. The van der Waals surface area contributed by atoms with Crippen LogP contribution in [0.5, 0.6) is 5.75 Å². The van der Waals surface area contributed by atoms with Crippen molar-refractivity contribution >= 4 is 22.6 Å². The highest BCUT2D eigenvalue weighted by molar-refractivity contribution is 5.91. The number of anilines is 1. The first-order valence-electron chi connectivity index (χ1n) is 11.6.